The van der Waals surface area contributed by atoms with E-state index in [1.807, 2.05) is 44.2 Å². The topological polar surface area (TPSA) is 54.5 Å². The molecular formula is C33H22N4S. The molecule has 7 rings (SSSR count). The van der Waals surface area contributed by atoms with Gasteiger partial charge in [-0.1, -0.05) is 48.5 Å². The molecule has 0 saturated heterocycles. The molecule has 4 aromatic carbocycles. The first-order valence-corrected chi connectivity index (χ1v) is 13.3. The normalized spacial score (nSPS) is 11.4. The third kappa shape index (κ3) is 3.50. The van der Waals surface area contributed by atoms with Crippen LogP contribution in [-0.2, 0) is 0 Å². The van der Waals surface area contributed by atoms with E-state index in [4.69, 9.17) is 4.98 Å². The molecule has 7 aromatic rings. The van der Waals surface area contributed by atoms with Gasteiger partial charge in [0, 0.05) is 37.1 Å². The Labute approximate surface area is 224 Å². The lowest BCUT2D eigenvalue weighted by Gasteiger charge is -2.13. The summed E-state index contributed by atoms with van der Waals surface area (Å²) in [6, 6.07) is 35.6. The molecule has 0 fully saturated rings. The van der Waals surface area contributed by atoms with Crippen LogP contribution in [0.1, 0.15) is 17.0 Å². The Balaban J connectivity index is 1.57. The molecule has 0 aliphatic rings. The molecule has 38 heavy (non-hydrogen) atoms. The molecule has 0 atom stereocenters. The third-order valence-electron chi connectivity index (χ3n) is 6.98. The number of thiophene rings is 1. The average Bonchev–Trinajstić information content (AvgIpc) is 3.51. The monoisotopic (exact) mass is 506 g/mol. The van der Waals surface area contributed by atoms with Crippen LogP contribution in [0.25, 0.3) is 59.4 Å². The summed E-state index contributed by atoms with van der Waals surface area (Å²) in [5, 5.41) is 11.7. The number of pyridine rings is 1. The molecule has 0 aliphatic heterocycles. The second-order valence-corrected chi connectivity index (χ2v) is 10.6. The van der Waals surface area contributed by atoms with E-state index in [2.05, 4.69) is 82.4 Å². The number of nitrogens with zero attached hydrogens (tertiary/aromatic N) is 4. The van der Waals surface area contributed by atoms with Crippen molar-refractivity contribution in [2.45, 2.75) is 13.8 Å². The number of imidazole rings is 1. The lowest BCUT2D eigenvalue weighted by atomic mass is 9.96. The first-order valence-electron chi connectivity index (χ1n) is 12.5. The van der Waals surface area contributed by atoms with Gasteiger partial charge in [-0.2, -0.15) is 5.26 Å². The minimum absolute atomic E-state index is 0.661. The van der Waals surface area contributed by atoms with Crippen molar-refractivity contribution in [1.82, 2.24) is 14.5 Å². The highest BCUT2D eigenvalue weighted by Crippen LogP contribution is 2.45. The molecule has 0 spiro atoms. The van der Waals surface area contributed by atoms with Crippen molar-refractivity contribution in [3.63, 3.8) is 0 Å². The molecule has 5 heteroatoms. The lowest BCUT2D eigenvalue weighted by molar-refractivity contribution is 1.05. The van der Waals surface area contributed by atoms with Gasteiger partial charge < -0.3 is 0 Å². The van der Waals surface area contributed by atoms with Crippen molar-refractivity contribution in [1.29, 1.82) is 5.26 Å². The minimum Gasteiger partial charge on any atom is -0.292 e. The van der Waals surface area contributed by atoms with Gasteiger partial charge in [-0.05, 0) is 73.5 Å². The van der Waals surface area contributed by atoms with Crippen molar-refractivity contribution < 1.29 is 0 Å². The molecule has 0 amide bonds. The van der Waals surface area contributed by atoms with Crippen molar-refractivity contribution in [2.24, 2.45) is 0 Å². The van der Waals surface area contributed by atoms with Crippen molar-refractivity contribution in [2.75, 3.05) is 0 Å². The predicted molar refractivity (Wildman–Crippen MR) is 157 cm³/mol. The van der Waals surface area contributed by atoms with Gasteiger partial charge in [-0.25, -0.2) is 4.98 Å². The van der Waals surface area contributed by atoms with Crippen LogP contribution in [0.5, 0.6) is 0 Å². The van der Waals surface area contributed by atoms with Gasteiger partial charge >= 0.3 is 0 Å². The van der Waals surface area contributed by atoms with Gasteiger partial charge in [0.25, 0.3) is 0 Å². The Kier molecular flexibility index (Phi) is 5.10. The summed E-state index contributed by atoms with van der Waals surface area (Å²) in [7, 11) is 0. The van der Waals surface area contributed by atoms with Gasteiger partial charge in [-0.15, -0.1) is 11.3 Å². The van der Waals surface area contributed by atoms with Crippen molar-refractivity contribution in [3.8, 4) is 34.3 Å². The number of para-hydroxylation sites is 2. The maximum Gasteiger partial charge on any atom is 0.147 e. The SMILES string of the molecule is Cc1cc(-n2c(-c3ccc(-c4ccc(C#N)cc4)c4c3sc3ccccc34)nc3ccccc32)cc(C)n1. The standard InChI is InChI=1S/C33H22N4S/c1-20-17-24(18-21(2)35-20)37-29-9-5-4-8-28(29)36-33(37)27-16-15-25(23-13-11-22(19-34)12-14-23)31-26-7-3-6-10-30(26)38-32(27)31/h3-18H,1-2H3. The van der Waals surface area contributed by atoms with Gasteiger partial charge in [0.2, 0.25) is 0 Å². The van der Waals surface area contributed by atoms with Gasteiger partial charge in [-0.3, -0.25) is 9.55 Å². The van der Waals surface area contributed by atoms with Crippen LogP contribution in [0, 0.1) is 25.2 Å². The maximum atomic E-state index is 9.29. The molecule has 0 radical (unpaired) electrons. The van der Waals surface area contributed by atoms with Gasteiger partial charge in [0.05, 0.1) is 28.4 Å². The van der Waals surface area contributed by atoms with Crippen molar-refractivity contribution >= 4 is 42.5 Å². The second-order valence-electron chi connectivity index (χ2n) is 9.52. The zero-order valence-electron chi connectivity index (χ0n) is 20.9. The van der Waals surface area contributed by atoms with Crippen LogP contribution in [-0.4, -0.2) is 14.5 Å². The van der Waals surface area contributed by atoms with E-state index in [1.165, 1.54) is 20.2 Å². The van der Waals surface area contributed by atoms with Crippen LogP contribution in [0.3, 0.4) is 0 Å². The number of aromatic nitrogens is 3. The van der Waals surface area contributed by atoms with E-state index in [0.717, 1.165) is 50.6 Å². The third-order valence-corrected chi connectivity index (χ3v) is 8.18. The second kappa shape index (κ2) is 8.65. The molecule has 0 bridgehead atoms. The fraction of sp³-hybridized carbons (Fsp3) is 0.0606. The Morgan fingerprint density at radius 3 is 2.26 bits per heavy atom. The maximum absolute atomic E-state index is 9.29. The first kappa shape index (κ1) is 22.4. The summed E-state index contributed by atoms with van der Waals surface area (Å²) in [6.07, 6.45) is 0. The largest absolute Gasteiger partial charge is 0.292 e. The number of fused-ring (bicyclic) bond motifs is 4. The Morgan fingerprint density at radius 2 is 1.47 bits per heavy atom. The van der Waals surface area contributed by atoms with Crippen molar-refractivity contribution in [3.05, 3.63) is 114 Å². The molecule has 0 aliphatic carbocycles. The van der Waals surface area contributed by atoms with Crippen LogP contribution in [0.15, 0.2) is 97.1 Å². The molecule has 0 N–H and O–H groups in total. The fourth-order valence-electron chi connectivity index (χ4n) is 5.38. The fourth-order valence-corrected chi connectivity index (χ4v) is 6.62. The van der Waals surface area contributed by atoms with E-state index >= 15 is 0 Å². The molecule has 0 unspecified atom stereocenters. The molecular weight excluding hydrogens is 484 g/mol. The summed E-state index contributed by atoms with van der Waals surface area (Å²) in [4.78, 5) is 9.79. The summed E-state index contributed by atoms with van der Waals surface area (Å²) >= 11 is 1.80. The Hall–Kier alpha value is -4.79. The summed E-state index contributed by atoms with van der Waals surface area (Å²) < 4.78 is 4.70. The number of rotatable bonds is 3. The molecule has 3 aromatic heterocycles. The van der Waals surface area contributed by atoms with E-state index in [0.29, 0.717) is 5.56 Å². The van der Waals surface area contributed by atoms with Gasteiger partial charge in [0.15, 0.2) is 0 Å². The van der Waals surface area contributed by atoms with Crippen LogP contribution in [0.2, 0.25) is 0 Å². The number of nitriles is 1. The summed E-state index contributed by atoms with van der Waals surface area (Å²) in [5.41, 5.74) is 9.05. The highest BCUT2D eigenvalue weighted by atomic mass is 32.1. The Morgan fingerprint density at radius 1 is 0.763 bits per heavy atom. The zero-order chi connectivity index (χ0) is 25.8. The van der Waals surface area contributed by atoms with Crippen LogP contribution >= 0.6 is 11.3 Å². The molecule has 180 valence electrons. The molecule has 0 saturated carbocycles. The highest BCUT2D eigenvalue weighted by molar-refractivity contribution is 7.26. The predicted octanol–water partition coefficient (Wildman–Crippen LogP) is 8.61. The number of hydrogen-bond acceptors (Lipinski definition) is 4. The highest BCUT2D eigenvalue weighted by Gasteiger charge is 2.21. The number of aryl methyl sites for hydroxylation is 2. The average molecular weight is 507 g/mol. The minimum atomic E-state index is 0.661. The molecule has 4 nitrogen and oxygen atoms in total. The van der Waals surface area contributed by atoms with Crippen LogP contribution < -0.4 is 0 Å². The smallest absolute Gasteiger partial charge is 0.147 e. The van der Waals surface area contributed by atoms with E-state index in [-0.39, 0.29) is 0 Å². The van der Waals surface area contributed by atoms with Gasteiger partial charge in [0.1, 0.15) is 5.82 Å². The quantitative estimate of drug-likeness (QED) is 0.241. The summed E-state index contributed by atoms with van der Waals surface area (Å²) in [5.74, 6) is 0.916. The van der Waals surface area contributed by atoms with E-state index in [9.17, 15) is 5.26 Å². The Bertz CT molecular complexity index is 2040. The zero-order valence-corrected chi connectivity index (χ0v) is 21.8. The first-order chi connectivity index (χ1) is 18.6. The summed E-state index contributed by atoms with van der Waals surface area (Å²) in [6.45, 7) is 4.07. The van der Waals surface area contributed by atoms with Crippen LogP contribution in [0.4, 0.5) is 0 Å². The lowest BCUT2D eigenvalue weighted by Crippen LogP contribution is -2.00. The number of benzene rings is 4. The van der Waals surface area contributed by atoms with E-state index < -0.39 is 0 Å². The molecule has 3 heterocycles. The number of hydrogen-bond donors (Lipinski definition) is 0. The van der Waals surface area contributed by atoms with E-state index in [1.54, 1.807) is 11.3 Å².